The standard InChI is InChI=1S/C12H9ClF3N5O/c13-6-2-1-3-7(4-6)20-10-8(9(17)18-5-19-10)21-11(22)12(14,15)16/h1-5H,(H,21,22)(H3,17,18,19,20). The summed E-state index contributed by atoms with van der Waals surface area (Å²) in [4.78, 5) is 18.4. The van der Waals surface area contributed by atoms with Gasteiger partial charge in [-0.05, 0) is 18.2 Å². The Kier molecular flexibility index (Phi) is 4.36. The first kappa shape index (κ1) is 15.8. The highest BCUT2D eigenvalue weighted by molar-refractivity contribution is 6.30. The zero-order chi connectivity index (χ0) is 16.3. The maximum atomic E-state index is 12.3. The van der Waals surface area contributed by atoms with Crippen molar-refractivity contribution in [2.75, 3.05) is 16.4 Å². The largest absolute Gasteiger partial charge is 0.471 e. The fourth-order valence-corrected chi connectivity index (χ4v) is 1.69. The monoisotopic (exact) mass is 331 g/mol. The van der Waals surface area contributed by atoms with E-state index in [9.17, 15) is 18.0 Å². The maximum Gasteiger partial charge on any atom is 0.471 e. The van der Waals surface area contributed by atoms with Gasteiger partial charge < -0.3 is 16.4 Å². The van der Waals surface area contributed by atoms with Gasteiger partial charge in [-0.15, -0.1) is 0 Å². The number of halogens is 4. The number of nitrogens with two attached hydrogens (primary N) is 1. The van der Waals surface area contributed by atoms with E-state index in [0.29, 0.717) is 10.7 Å². The van der Waals surface area contributed by atoms with E-state index < -0.39 is 12.1 Å². The molecule has 0 saturated carbocycles. The summed E-state index contributed by atoms with van der Waals surface area (Å²) in [6.45, 7) is 0. The first-order chi connectivity index (χ1) is 10.3. The van der Waals surface area contributed by atoms with Crippen molar-refractivity contribution in [3.05, 3.63) is 35.6 Å². The molecule has 0 fully saturated rings. The zero-order valence-electron chi connectivity index (χ0n) is 10.8. The molecule has 0 saturated heterocycles. The molecule has 1 heterocycles. The van der Waals surface area contributed by atoms with Gasteiger partial charge in [-0.3, -0.25) is 4.79 Å². The van der Waals surface area contributed by atoms with Gasteiger partial charge in [0.15, 0.2) is 11.6 Å². The SMILES string of the molecule is Nc1ncnc(Nc2cccc(Cl)c2)c1NC(=O)C(F)(F)F. The van der Waals surface area contributed by atoms with Crippen LogP contribution in [0.2, 0.25) is 5.02 Å². The number of rotatable bonds is 3. The highest BCUT2D eigenvalue weighted by Crippen LogP contribution is 2.29. The van der Waals surface area contributed by atoms with Crippen LogP contribution in [-0.2, 0) is 4.79 Å². The van der Waals surface area contributed by atoms with Crippen LogP contribution < -0.4 is 16.4 Å². The first-order valence-corrected chi connectivity index (χ1v) is 6.16. The molecule has 2 aromatic rings. The van der Waals surface area contributed by atoms with Gasteiger partial charge in [0.25, 0.3) is 0 Å². The number of nitrogens with zero attached hydrogens (tertiary/aromatic N) is 2. The van der Waals surface area contributed by atoms with Gasteiger partial charge in [-0.25, -0.2) is 9.97 Å². The molecule has 22 heavy (non-hydrogen) atoms. The second-order valence-electron chi connectivity index (χ2n) is 4.07. The number of nitrogens with one attached hydrogen (secondary N) is 2. The summed E-state index contributed by atoms with van der Waals surface area (Å²) in [6.07, 6.45) is -4.01. The number of carbonyl (C=O) groups is 1. The van der Waals surface area contributed by atoms with E-state index in [2.05, 4.69) is 15.3 Å². The molecule has 1 amide bonds. The fraction of sp³-hybridized carbons (Fsp3) is 0.0833. The minimum atomic E-state index is -5.06. The Bertz CT molecular complexity index is 707. The van der Waals surface area contributed by atoms with Crippen molar-refractivity contribution in [2.24, 2.45) is 0 Å². The van der Waals surface area contributed by atoms with Crippen LogP contribution in [0.5, 0.6) is 0 Å². The summed E-state index contributed by atoms with van der Waals surface area (Å²) in [5, 5.41) is 4.77. The summed E-state index contributed by atoms with van der Waals surface area (Å²) in [5.41, 5.74) is 5.58. The van der Waals surface area contributed by atoms with Crippen molar-refractivity contribution in [2.45, 2.75) is 6.18 Å². The second kappa shape index (κ2) is 6.06. The quantitative estimate of drug-likeness (QED) is 0.804. The number of amides is 1. The van der Waals surface area contributed by atoms with E-state index >= 15 is 0 Å². The zero-order valence-corrected chi connectivity index (χ0v) is 11.5. The van der Waals surface area contributed by atoms with Crippen molar-refractivity contribution in [1.29, 1.82) is 0 Å². The van der Waals surface area contributed by atoms with Crippen LogP contribution in [0.3, 0.4) is 0 Å². The lowest BCUT2D eigenvalue weighted by Gasteiger charge is -2.14. The number of anilines is 4. The average molecular weight is 332 g/mol. The summed E-state index contributed by atoms with van der Waals surface area (Å²) in [7, 11) is 0. The Labute approximate surface area is 127 Å². The number of carbonyl (C=O) groups excluding carboxylic acids is 1. The normalized spacial score (nSPS) is 11.1. The van der Waals surface area contributed by atoms with Crippen LogP contribution in [0.25, 0.3) is 0 Å². The minimum absolute atomic E-state index is 0.0904. The van der Waals surface area contributed by atoms with E-state index in [-0.39, 0.29) is 17.3 Å². The minimum Gasteiger partial charge on any atom is -0.382 e. The lowest BCUT2D eigenvalue weighted by atomic mass is 10.3. The number of hydrogen-bond acceptors (Lipinski definition) is 5. The molecule has 0 aliphatic rings. The summed E-state index contributed by atoms with van der Waals surface area (Å²) >= 11 is 5.81. The Morgan fingerprint density at radius 1 is 1.27 bits per heavy atom. The lowest BCUT2D eigenvalue weighted by molar-refractivity contribution is -0.167. The lowest BCUT2D eigenvalue weighted by Crippen LogP contribution is -2.30. The molecule has 2 rings (SSSR count). The topological polar surface area (TPSA) is 92.9 Å². The fourth-order valence-electron chi connectivity index (χ4n) is 1.50. The summed E-state index contributed by atoms with van der Waals surface area (Å²) in [5.74, 6) is -2.58. The number of alkyl halides is 3. The van der Waals surface area contributed by atoms with Crippen LogP contribution >= 0.6 is 11.6 Å². The van der Waals surface area contributed by atoms with Crippen LogP contribution in [0.1, 0.15) is 0 Å². The molecule has 0 radical (unpaired) electrons. The molecule has 0 bridgehead atoms. The van der Waals surface area contributed by atoms with E-state index in [1.165, 1.54) is 6.07 Å². The van der Waals surface area contributed by atoms with E-state index in [0.717, 1.165) is 6.33 Å². The molecule has 0 spiro atoms. The van der Waals surface area contributed by atoms with Gasteiger partial charge >= 0.3 is 12.1 Å². The number of hydrogen-bond donors (Lipinski definition) is 3. The van der Waals surface area contributed by atoms with Crippen molar-refractivity contribution >= 4 is 40.5 Å². The molecule has 0 unspecified atom stereocenters. The maximum absolute atomic E-state index is 12.3. The van der Waals surface area contributed by atoms with Crippen LogP contribution in [-0.4, -0.2) is 22.1 Å². The number of benzene rings is 1. The molecule has 1 aromatic heterocycles. The van der Waals surface area contributed by atoms with Crippen molar-refractivity contribution in [1.82, 2.24) is 9.97 Å². The average Bonchev–Trinajstić information content (AvgIpc) is 2.41. The molecule has 6 nitrogen and oxygen atoms in total. The Morgan fingerprint density at radius 2 is 2.00 bits per heavy atom. The van der Waals surface area contributed by atoms with Crippen molar-refractivity contribution in [3.63, 3.8) is 0 Å². The summed E-state index contributed by atoms with van der Waals surface area (Å²) < 4.78 is 37.0. The summed E-state index contributed by atoms with van der Waals surface area (Å²) in [6, 6.07) is 6.38. The smallest absolute Gasteiger partial charge is 0.382 e. The highest BCUT2D eigenvalue weighted by Gasteiger charge is 2.39. The Morgan fingerprint density at radius 3 is 2.64 bits per heavy atom. The molecular formula is C12H9ClF3N5O. The van der Waals surface area contributed by atoms with Crippen LogP contribution in [0.4, 0.5) is 36.2 Å². The molecule has 116 valence electrons. The molecule has 1 aromatic carbocycles. The third-order valence-corrected chi connectivity index (χ3v) is 2.70. The predicted octanol–water partition coefficient (Wildman–Crippen LogP) is 2.96. The van der Waals surface area contributed by atoms with Crippen LogP contribution in [0, 0.1) is 0 Å². The molecule has 0 aliphatic heterocycles. The van der Waals surface area contributed by atoms with Gasteiger partial charge in [0.2, 0.25) is 0 Å². The molecule has 4 N–H and O–H groups in total. The van der Waals surface area contributed by atoms with E-state index in [1.807, 2.05) is 0 Å². The van der Waals surface area contributed by atoms with Crippen LogP contribution in [0.15, 0.2) is 30.6 Å². The van der Waals surface area contributed by atoms with Crippen molar-refractivity contribution in [3.8, 4) is 0 Å². The van der Waals surface area contributed by atoms with Gasteiger partial charge in [0.1, 0.15) is 12.0 Å². The number of aromatic nitrogens is 2. The van der Waals surface area contributed by atoms with Gasteiger partial charge in [0, 0.05) is 10.7 Å². The first-order valence-electron chi connectivity index (χ1n) is 5.78. The van der Waals surface area contributed by atoms with E-state index in [1.54, 1.807) is 23.5 Å². The number of nitrogen functional groups attached to an aromatic ring is 1. The molecule has 0 atom stereocenters. The highest BCUT2D eigenvalue weighted by atomic mass is 35.5. The van der Waals surface area contributed by atoms with E-state index in [4.69, 9.17) is 17.3 Å². The third-order valence-electron chi connectivity index (χ3n) is 2.46. The van der Waals surface area contributed by atoms with Gasteiger partial charge in [-0.2, -0.15) is 13.2 Å². The van der Waals surface area contributed by atoms with Crippen molar-refractivity contribution < 1.29 is 18.0 Å². The molecular weight excluding hydrogens is 323 g/mol. The van der Waals surface area contributed by atoms with Gasteiger partial charge in [-0.1, -0.05) is 17.7 Å². The third kappa shape index (κ3) is 3.76. The molecule has 0 aliphatic carbocycles. The Hall–Kier alpha value is -2.55. The Balaban J connectivity index is 2.32. The van der Waals surface area contributed by atoms with Gasteiger partial charge in [0.05, 0.1) is 0 Å². The predicted molar refractivity (Wildman–Crippen MR) is 75.9 cm³/mol. The molecule has 10 heteroatoms. The second-order valence-corrected chi connectivity index (χ2v) is 4.51.